The van der Waals surface area contributed by atoms with Gasteiger partial charge >= 0.3 is 0 Å². The van der Waals surface area contributed by atoms with E-state index in [1.807, 2.05) is 36.1 Å². The molecule has 2 N–H and O–H groups in total. The van der Waals surface area contributed by atoms with E-state index in [1.54, 1.807) is 17.0 Å². The Labute approximate surface area is 201 Å². The molecule has 2 aromatic carbocycles. The van der Waals surface area contributed by atoms with Crippen molar-refractivity contribution >= 4 is 27.5 Å². The molecular formula is C24H32N4O5S. The van der Waals surface area contributed by atoms with Crippen molar-refractivity contribution in [3.63, 3.8) is 0 Å². The van der Waals surface area contributed by atoms with Crippen LogP contribution in [0, 0.1) is 0 Å². The lowest BCUT2D eigenvalue weighted by atomic mass is 10.1. The summed E-state index contributed by atoms with van der Waals surface area (Å²) in [6.07, 6.45) is 0.831. The number of para-hydroxylation sites is 1. The summed E-state index contributed by atoms with van der Waals surface area (Å²) in [6.45, 7) is 5.73. The van der Waals surface area contributed by atoms with E-state index in [-0.39, 0.29) is 23.3 Å². The summed E-state index contributed by atoms with van der Waals surface area (Å²) >= 11 is 0. The Morgan fingerprint density at radius 1 is 1.03 bits per heavy atom. The molecule has 184 valence electrons. The molecule has 2 aromatic rings. The number of carbonyl (C=O) groups is 2. The Balaban J connectivity index is 1.49. The number of anilines is 1. The Morgan fingerprint density at radius 2 is 1.68 bits per heavy atom. The molecule has 34 heavy (non-hydrogen) atoms. The van der Waals surface area contributed by atoms with E-state index in [9.17, 15) is 18.0 Å². The lowest BCUT2D eigenvalue weighted by molar-refractivity contribution is -0.134. The zero-order chi connectivity index (χ0) is 24.7. The van der Waals surface area contributed by atoms with Crippen molar-refractivity contribution in [3.05, 3.63) is 54.1 Å². The standard InChI is InChI=1S/C24H32N4O5S/c1-4-19-7-5-6-8-22(19)25-23(29)17-27-13-15-28(16-14-27)24(30)18(2)26-34(31,32)21-11-9-20(33-3)10-12-21/h5-12,18,26H,4,13-17H2,1-3H3,(H,25,29)/t18-/m0/s1. The molecule has 0 radical (unpaired) electrons. The summed E-state index contributed by atoms with van der Waals surface area (Å²) < 4.78 is 32.7. The van der Waals surface area contributed by atoms with Crippen molar-refractivity contribution in [2.24, 2.45) is 0 Å². The zero-order valence-electron chi connectivity index (χ0n) is 19.8. The van der Waals surface area contributed by atoms with Crippen molar-refractivity contribution in [2.45, 2.75) is 31.2 Å². The van der Waals surface area contributed by atoms with E-state index in [1.165, 1.54) is 26.2 Å². The first-order chi connectivity index (χ1) is 16.2. The number of nitrogens with one attached hydrogen (secondary N) is 2. The highest BCUT2D eigenvalue weighted by molar-refractivity contribution is 7.89. The molecule has 0 spiro atoms. The van der Waals surface area contributed by atoms with Gasteiger partial charge in [0.05, 0.1) is 24.6 Å². The molecule has 0 aliphatic carbocycles. The fourth-order valence-corrected chi connectivity index (χ4v) is 5.05. The molecule has 0 saturated carbocycles. The molecule has 1 saturated heterocycles. The number of carbonyl (C=O) groups excluding carboxylic acids is 2. The van der Waals surface area contributed by atoms with Crippen LogP contribution in [0.2, 0.25) is 0 Å². The number of piperazine rings is 1. The fraction of sp³-hybridized carbons (Fsp3) is 0.417. The van der Waals surface area contributed by atoms with Crippen LogP contribution < -0.4 is 14.8 Å². The third-order valence-corrected chi connectivity index (χ3v) is 7.35. The third-order valence-electron chi connectivity index (χ3n) is 5.80. The Morgan fingerprint density at radius 3 is 2.29 bits per heavy atom. The molecule has 1 aliphatic heterocycles. The van der Waals surface area contributed by atoms with Gasteiger partial charge in [-0.25, -0.2) is 8.42 Å². The van der Waals surface area contributed by atoms with E-state index in [4.69, 9.17) is 4.74 Å². The zero-order valence-corrected chi connectivity index (χ0v) is 20.6. The predicted octanol–water partition coefficient (Wildman–Crippen LogP) is 1.71. The number of hydrogen-bond acceptors (Lipinski definition) is 6. The molecule has 2 amide bonds. The summed E-state index contributed by atoms with van der Waals surface area (Å²) in [4.78, 5) is 29.0. The highest BCUT2D eigenvalue weighted by Crippen LogP contribution is 2.17. The minimum absolute atomic E-state index is 0.0634. The van der Waals surface area contributed by atoms with Gasteiger partial charge in [-0.05, 0) is 49.2 Å². The van der Waals surface area contributed by atoms with E-state index in [0.717, 1.165) is 17.7 Å². The fourth-order valence-electron chi connectivity index (χ4n) is 3.85. The van der Waals surface area contributed by atoms with Crippen LogP contribution in [-0.4, -0.2) is 75.9 Å². The smallest absolute Gasteiger partial charge is 0.241 e. The molecule has 3 rings (SSSR count). The minimum Gasteiger partial charge on any atom is -0.497 e. The molecule has 1 aliphatic rings. The van der Waals surface area contributed by atoms with Gasteiger partial charge in [0.1, 0.15) is 5.75 Å². The summed E-state index contributed by atoms with van der Waals surface area (Å²) in [5.74, 6) is 0.156. The van der Waals surface area contributed by atoms with Gasteiger partial charge in [0.2, 0.25) is 21.8 Å². The quantitative estimate of drug-likeness (QED) is 0.556. The van der Waals surface area contributed by atoms with Gasteiger partial charge in [0.25, 0.3) is 0 Å². The Hall–Kier alpha value is -2.95. The van der Waals surface area contributed by atoms with Crippen LogP contribution in [0.3, 0.4) is 0 Å². The van der Waals surface area contributed by atoms with Crippen LogP contribution in [-0.2, 0) is 26.0 Å². The number of rotatable bonds is 9. The lowest BCUT2D eigenvalue weighted by Crippen LogP contribution is -2.54. The van der Waals surface area contributed by atoms with Gasteiger partial charge in [-0.2, -0.15) is 4.72 Å². The molecule has 0 aromatic heterocycles. The topological polar surface area (TPSA) is 108 Å². The number of ether oxygens (including phenoxy) is 1. The van der Waals surface area contributed by atoms with Gasteiger partial charge in [0, 0.05) is 31.9 Å². The molecule has 0 bridgehead atoms. The molecule has 1 heterocycles. The van der Waals surface area contributed by atoms with Crippen LogP contribution in [0.1, 0.15) is 19.4 Å². The average Bonchev–Trinajstić information content (AvgIpc) is 2.84. The maximum absolute atomic E-state index is 12.8. The van der Waals surface area contributed by atoms with E-state index >= 15 is 0 Å². The first-order valence-corrected chi connectivity index (χ1v) is 12.8. The van der Waals surface area contributed by atoms with Crippen molar-refractivity contribution in [3.8, 4) is 5.75 Å². The number of methoxy groups -OCH3 is 1. The van der Waals surface area contributed by atoms with Gasteiger partial charge < -0.3 is 15.0 Å². The molecule has 1 atom stereocenters. The second kappa shape index (κ2) is 11.5. The highest BCUT2D eigenvalue weighted by Gasteiger charge is 2.28. The van der Waals surface area contributed by atoms with Crippen LogP contribution in [0.15, 0.2) is 53.4 Å². The van der Waals surface area contributed by atoms with Crippen LogP contribution in [0.5, 0.6) is 5.75 Å². The van der Waals surface area contributed by atoms with Gasteiger partial charge in [-0.1, -0.05) is 25.1 Å². The first-order valence-electron chi connectivity index (χ1n) is 11.3. The van der Waals surface area contributed by atoms with E-state index in [2.05, 4.69) is 10.0 Å². The van der Waals surface area contributed by atoms with Crippen LogP contribution in [0.4, 0.5) is 5.69 Å². The van der Waals surface area contributed by atoms with Gasteiger partial charge in [0.15, 0.2) is 0 Å². The number of nitrogens with zero attached hydrogens (tertiary/aromatic N) is 2. The Kier molecular flexibility index (Phi) is 8.65. The molecule has 0 unspecified atom stereocenters. The number of hydrogen-bond donors (Lipinski definition) is 2. The second-order valence-corrected chi connectivity index (χ2v) is 9.89. The van der Waals surface area contributed by atoms with Crippen molar-refractivity contribution in [1.82, 2.24) is 14.5 Å². The number of sulfonamides is 1. The molecule has 10 heteroatoms. The molecule has 1 fully saturated rings. The normalized spacial score (nSPS) is 15.6. The molecule has 9 nitrogen and oxygen atoms in total. The summed E-state index contributed by atoms with van der Waals surface area (Å²) in [7, 11) is -2.35. The van der Waals surface area contributed by atoms with Crippen molar-refractivity contribution < 1.29 is 22.7 Å². The van der Waals surface area contributed by atoms with Gasteiger partial charge in [-0.3, -0.25) is 14.5 Å². The van der Waals surface area contributed by atoms with Gasteiger partial charge in [-0.15, -0.1) is 0 Å². The third kappa shape index (κ3) is 6.55. The van der Waals surface area contributed by atoms with Crippen molar-refractivity contribution in [1.29, 1.82) is 0 Å². The Bertz CT molecular complexity index is 1100. The van der Waals surface area contributed by atoms with E-state index < -0.39 is 16.1 Å². The summed E-state index contributed by atoms with van der Waals surface area (Å²) in [5.41, 5.74) is 1.90. The lowest BCUT2D eigenvalue weighted by Gasteiger charge is -2.35. The summed E-state index contributed by atoms with van der Waals surface area (Å²) in [5, 5.41) is 2.96. The summed E-state index contributed by atoms with van der Waals surface area (Å²) in [6, 6.07) is 12.8. The largest absolute Gasteiger partial charge is 0.497 e. The van der Waals surface area contributed by atoms with Crippen LogP contribution >= 0.6 is 0 Å². The number of benzene rings is 2. The predicted molar refractivity (Wildman–Crippen MR) is 130 cm³/mol. The monoisotopic (exact) mass is 488 g/mol. The molecular weight excluding hydrogens is 456 g/mol. The number of amides is 2. The SMILES string of the molecule is CCc1ccccc1NC(=O)CN1CCN(C(=O)[C@H](C)NS(=O)(=O)c2ccc(OC)cc2)CC1. The first kappa shape index (κ1) is 25.7. The van der Waals surface area contributed by atoms with E-state index in [0.29, 0.717) is 31.9 Å². The maximum Gasteiger partial charge on any atom is 0.241 e. The highest BCUT2D eigenvalue weighted by atomic mass is 32.2. The van der Waals surface area contributed by atoms with Crippen LogP contribution in [0.25, 0.3) is 0 Å². The maximum atomic E-state index is 12.8. The second-order valence-electron chi connectivity index (χ2n) is 8.18. The van der Waals surface area contributed by atoms with Crippen molar-refractivity contribution in [2.75, 3.05) is 45.2 Å². The number of aryl methyl sites for hydroxylation is 1. The minimum atomic E-state index is -3.85. The average molecular weight is 489 g/mol.